The zero-order valence-corrected chi connectivity index (χ0v) is 11.7. The highest BCUT2D eigenvalue weighted by atomic mass is 19.1. The fourth-order valence-corrected chi connectivity index (χ4v) is 2.04. The zero-order chi connectivity index (χ0) is 13.8. The molecule has 1 N–H and O–H groups in total. The third-order valence-corrected chi connectivity index (χ3v) is 2.90. The highest BCUT2D eigenvalue weighted by Crippen LogP contribution is 2.24. The van der Waals surface area contributed by atoms with E-state index in [2.05, 4.69) is 24.3 Å². The lowest BCUT2D eigenvalue weighted by Crippen LogP contribution is -2.19. The molecule has 4 heteroatoms. The van der Waals surface area contributed by atoms with E-state index in [1.807, 2.05) is 19.3 Å². The molecule has 0 aliphatic rings. The van der Waals surface area contributed by atoms with Crippen LogP contribution in [0.25, 0.3) is 11.3 Å². The molecule has 0 spiro atoms. The molecule has 19 heavy (non-hydrogen) atoms. The minimum atomic E-state index is -0.230. The Bertz CT molecular complexity index is 546. The molecule has 0 saturated heterocycles. The minimum Gasteiger partial charge on any atom is -0.312 e. The van der Waals surface area contributed by atoms with Gasteiger partial charge in [-0.05, 0) is 24.6 Å². The number of rotatable bonds is 5. The standard InChI is InChI=1S/C15H20FN3/c1-11(2)8-17-9-12-10-19(3)18-15(12)13-6-4-5-7-14(13)16/h4-7,10-11,17H,8-9H2,1-3H3. The molecule has 3 nitrogen and oxygen atoms in total. The van der Waals surface area contributed by atoms with Crippen LogP contribution in [-0.4, -0.2) is 16.3 Å². The second-order valence-electron chi connectivity index (χ2n) is 5.18. The Morgan fingerprint density at radius 2 is 2.05 bits per heavy atom. The van der Waals surface area contributed by atoms with Gasteiger partial charge in [0, 0.05) is 30.9 Å². The molecule has 0 amide bonds. The van der Waals surface area contributed by atoms with Gasteiger partial charge in [-0.25, -0.2) is 4.39 Å². The number of nitrogens with zero attached hydrogens (tertiary/aromatic N) is 2. The summed E-state index contributed by atoms with van der Waals surface area (Å²) in [5.41, 5.74) is 2.30. The van der Waals surface area contributed by atoms with Crippen LogP contribution in [0.5, 0.6) is 0 Å². The average molecular weight is 261 g/mol. The molecule has 2 rings (SSSR count). The Kier molecular flexibility index (Phi) is 4.32. The fourth-order valence-electron chi connectivity index (χ4n) is 2.04. The maximum absolute atomic E-state index is 13.8. The van der Waals surface area contributed by atoms with Crippen molar-refractivity contribution >= 4 is 0 Å². The largest absolute Gasteiger partial charge is 0.312 e. The van der Waals surface area contributed by atoms with Gasteiger partial charge in [-0.1, -0.05) is 26.0 Å². The Hall–Kier alpha value is -1.68. The molecular formula is C15H20FN3. The molecule has 0 saturated carbocycles. The maximum Gasteiger partial charge on any atom is 0.132 e. The summed E-state index contributed by atoms with van der Waals surface area (Å²) >= 11 is 0. The molecule has 0 fully saturated rings. The van der Waals surface area contributed by atoms with E-state index in [4.69, 9.17) is 0 Å². The summed E-state index contributed by atoms with van der Waals surface area (Å²) in [5.74, 6) is 0.361. The molecule has 2 aromatic rings. The van der Waals surface area contributed by atoms with Crippen LogP contribution in [0.4, 0.5) is 4.39 Å². The van der Waals surface area contributed by atoms with Crippen LogP contribution < -0.4 is 5.32 Å². The number of benzene rings is 1. The topological polar surface area (TPSA) is 29.9 Å². The summed E-state index contributed by atoms with van der Waals surface area (Å²) in [5, 5.41) is 7.74. The van der Waals surface area contributed by atoms with Gasteiger partial charge in [-0.15, -0.1) is 0 Å². The maximum atomic E-state index is 13.8. The van der Waals surface area contributed by atoms with Crippen LogP contribution in [0.3, 0.4) is 0 Å². The average Bonchev–Trinajstić information content (AvgIpc) is 2.70. The Morgan fingerprint density at radius 1 is 1.32 bits per heavy atom. The van der Waals surface area contributed by atoms with Crippen LogP contribution in [0.15, 0.2) is 30.5 Å². The monoisotopic (exact) mass is 261 g/mol. The Balaban J connectivity index is 2.24. The van der Waals surface area contributed by atoms with Crippen molar-refractivity contribution in [1.82, 2.24) is 15.1 Å². The lowest BCUT2D eigenvalue weighted by molar-refractivity contribution is 0.552. The lowest BCUT2D eigenvalue weighted by Gasteiger charge is -2.07. The zero-order valence-electron chi connectivity index (χ0n) is 11.7. The van der Waals surface area contributed by atoms with Gasteiger partial charge in [0.15, 0.2) is 0 Å². The summed E-state index contributed by atoms with van der Waals surface area (Å²) < 4.78 is 15.6. The van der Waals surface area contributed by atoms with E-state index in [9.17, 15) is 4.39 Å². The normalized spacial score (nSPS) is 11.2. The van der Waals surface area contributed by atoms with Gasteiger partial charge in [-0.2, -0.15) is 5.10 Å². The van der Waals surface area contributed by atoms with Crippen molar-refractivity contribution in [2.75, 3.05) is 6.54 Å². The quantitative estimate of drug-likeness (QED) is 0.896. The highest BCUT2D eigenvalue weighted by molar-refractivity contribution is 5.63. The molecule has 0 radical (unpaired) electrons. The van der Waals surface area contributed by atoms with Gasteiger partial charge in [0.05, 0.1) is 5.69 Å². The fraction of sp³-hybridized carbons (Fsp3) is 0.400. The van der Waals surface area contributed by atoms with Crippen molar-refractivity contribution in [3.63, 3.8) is 0 Å². The lowest BCUT2D eigenvalue weighted by atomic mass is 10.1. The second kappa shape index (κ2) is 5.97. The number of halogens is 1. The van der Waals surface area contributed by atoms with Gasteiger partial charge >= 0.3 is 0 Å². The van der Waals surface area contributed by atoms with Gasteiger partial charge in [0.1, 0.15) is 5.82 Å². The van der Waals surface area contributed by atoms with E-state index < -0.39 is 0 Å². The van der Waals surface area contributed by atoms with Crippen LogP contribution in [0, 0.1) is 11.7 Å². The van der Waals surface area contributed by atoms with E-state index in [0.29, 0.717) is 18.0 Å². The first-order chi connectivity index (χ1) is 9.08. The molecule has 1 aromatic heterocycles. The molecule has 0 aliphatic heterocycles. The molecule has 102 valence electrons. The first-order valence-corrected chi connectivity index (χ1v) is 6.56. The van der Waals surface area contributed by atoms with Crippen LogP contribution in [0.1, 0.15) is 19.4 Å². The van der Waals surface area contributed by atoms with E-state index in [0.717, 1.165) is 17.8 Å². The number of nitrogens with one attached hydrogen (secondary N) is 1. The van der Waals surface area contributed by atoms with Crippen molar-refractivity contribution < 1.29 is 4.39 Å². The third kappa shape index (κ3) is 3.41. The summed E-state index contributed by atoms with van der Waals surface area (Å²) in [6, 6.07) is 6.76. The number of aromatic nitrogens is 2. The smallest absolute Gasteiger partial charge is 0.132 e. The predicted molar refractivity (Wildman–Crippen MR) is 75.1 cm³/mol. The van der Waals surface area contributed by atoms with E-state index in [1.54, 1.807) is 16.8 Å². The molecule has 1 aromatic carbocycles. The number of aryl methyl sites for hydroxylation is 1. The van der Waals surface area contributed by atoms with Gasteiger partial charge in [0.25, 0.3) is 0 Å². The third-order valence-electron chi connectivity index (χ3n) is 2.90. The van der Waals surface area contributed by atoms with Crippen LogP contribution >= 0.6 is 0 Å². The van der Waals surface area contributed by atoms with Gasteiger partial charge < -0.3 is 5.32 Å². The van der Waals surface area contributed by atoms with E-state index >= 15 is 0 Å². The number of hydrogen-bond donors (Lipinski definition) is 1. The molecule has 1 heterocycles. The molecule has 0 aliphatic carbocycles. The Morgan fingerprint density at radius 3 is 2.74 bits per heavy atom. The summed E-state index contributed by atoms with van der Waals surface area (Å²) in [4.78, 5) is 0. The summed E-state index contributed by atoms with van der Waals surface area (Å²) in [7, 11) is 1.86. The minimum absolute atomic E-state index is 0.230. The van der Waals surface area contributed by atoms with Crippen molar-refractivity contribution in [3.05, 3.63) is 41.8 Å². The first kappa shape index (κ1) is 13.7. The molecular weight excluding hydrogens is 241 g/mol. The molecule has 0 unspecified atom stereocenters. The highest BCUT2D eigenvalue weighted by Gasteiger charge is 2.13. The number of hydrogen-bond acceptors (Lipinski definition) is 2. The SMILES string of the molecule is CC(C)CNCc1cn(C)nc1-c1ccccc1F. The van der Waals surface area contributed by atoms with E-state index in [1.165, 1.54) is 6.07 Å². The summed E-state index contributed by atoms with van der Waals surface area (Å²) in [6.07, 6.45) is 1.94. The van der Waals surface area contributed by atoms with Crippen LogP contribution in [0.2, 0.25) is 0 Å². The van der Waals surface area contributed by atoms with Crippen molar-refractivity contribution in [3.8, 4) is 11.3 Å². The molecule has 0 atom stereocenters. The van der Waals surface area contributed by atoms with Crippen molar-refractivity contribution in [2.24, 2.45) is 13.0 Å². The second-order valence-corrected chi connectivity index (χ2v) is 5.18. The predicted octanol–water partition coefficient (Wildman–Crippen LogP) is 2.97. The van der Waals surface area contributed by atoms with Gasteiger partial charge in [0.2, 0.25) is 0 Å². The van der Waals surface area contributed by atoms with Crippen molar-refractivity contribution in [1.29, 1.82) is 0 Å². The Labute approximate surface area is 113 Å². The summed E-state index contributed by atoms with van der Waals surface area (Å²) in [6.45, 7) is 5.96. The van der Waals surface area contributed by atoms with Crippen LogP contribution in [-0.2, 0) is 13.6 Å². The first-order valence-electron chi connectivity index (χ1n) is 6.56. The van der Waals surface area contributed by atoms with Gasteiger partial charge in [-0.3, -0.25) is 4.68 Å². The van der Waals surface area contributed by atoms with E-state index in [-0.39, 0.29) is 5.82 Å². The van der Waals surface area contributed by atoms with Crippen molar-refractivity contribution in [2.45, 2.75) is 20.4 Å². The molecule has 0 bridgehead atoms.